The van der Waals surface area contributed by atoms with Crippen LogP contribution >= 0.6 is 11.6 Å². The van der Waals surface area contributed by atoms with Crippen LogP contribution in [0, 0.1) is 10.1 Å². The fourth-order valence-electron chi connectivity index (χ4n) is 2.85. The largest absolute Gasteiger partial charge is 0.339 e. The fraction of sp³-hybridized carbons (Fsp3) is 0.250. The number of carbonyl (C=O) groups is 1. The van der Waals surface area contributed by atoms with E-state index in [0.717, 1.165) is 6.42 Å². The molecule has 0 aliphatic carbocycles. The highest BCUT2D eigenvalue weighted by molar-refractivity contribution is 6.33. The van der Waals surface area contributed by atoms with Gasteiger partial charge in [-0.2, -0.15) is 4.98 Å². The van der Waals surface area contributed by atoms with Crippen molar-refractivity contribution in [2.75, 3.05) is 13.1 Å². The zero-order valence-corrected chi connectivity index (χ0v) is 16.5. The summed E-state index contributed by atoms with van der Waals surface area (Å²) in [6.45, 7) is 2.93. The van der Waals surface area contributed by atoms with Gasteiger partial charge < -0.3 is 9.42 Å². The molecule has 0 aliphatic heterocycles. The predicted molar refractivity (Wildman–Crippen MR) is 108 cm³/mol. The first kappa shape index (κ1) is 20.5. The summed E-state index contributed by atoms with van der Waals surface area (Å²) in [6, 6.07) is 12.9. The Bertz CT molecular complexity index is 1020. The number of aromatic nitrogens is 2. The Morgan fingerprint density at radius 1 is 1.21 bits per heavy atom. The van der Waals surface area contributed by atoms with Crippen LogP contribution < -0.4 is 0 Å². The van der Waals surface area contributed by atoms with Crippen LogP contribution in [0.1, 0.15) is 29.6 Å². The smallest absolute Gasteiger partial charge is 0.270 e. The zero-order chi connectivity index (χ0) is 20.8. The van der Waals surface area contributed by atoms with E-state index in [1.807, 2.05) is 6.92 Å². The third-order valence-electron chi connectivity index (χ3n) is 4.26. The Morgan fingerprint density at radius 3 is 2.72 bits per heavy atom. The van der Waals surface area contributed by atoms with Crippen molar-refractivity contribution >= 4 is 23.2 Å². The van der Waals surface area contributed by atoms with E-state index in [1.165, 1.54) is 12.1 Å². The van der Waals surface area contributed by atoms with Crippen molar-refractivity contribution in [1.82, 2.24) is 15.0 Å². The second-order valence-electron chi connectivity index (χ2n) is 6.34. The molecule has 1 heterocycles. The van der Waals surface area contributed by atoms with Gasteiger partial charge in [-0.3, -0.25) is 14.9 Å². The topological polar surface area (TPSA) is 102 Å². The lowest BCUT2D eigenvalue weighted by Crippen LogP contribution is -2.33. The SMILES string of the molecule is CCCN(CCc1nc(-c2cccc([N+](=O)[O-])c2)no1)C(=O)c1ccccc1Cl. The lowest BCUT2D eigenvalue weighted by molar-refractivity contribution is -0.384. The normalized spacial score (nSPS) is 10.7. The van der Waals surface area contributed by atoms with Gasteiger partial charge in [-0.05, 0) is 18.6 Å². The van der Waals surface area contributed by atoms with Gasteiger partial charge in [0.25, 0.3) is 11.6 Å². The molecule has 2 aromatic carbocycles. The van der Waals surface area contributed by atoms with Crippen molar-refractivity contribution in [3.05, 3.63) is 75.1 Å². The summed E-state index contributed by atoms with van der Waals surface area (Å²) in [6.07, 6.45) is 1.15. The summed E-state index contributed by atoms with van der Waals surface area (Å²) < 4.78 is 5.26. The van der Waals surface area contributed by atoms with E-state index in [1.54, 1.807) is 41.3 Å². The molecule has 0 saturated carbocycles. The molecule has 1 amide bonds. The summed E-state index contributed by atoms with van der Waals surface area (Å²) in [7, 11) is 0. The maximum absolute atomic E-state index is 12.8. The average molecular weight is 415 g/mol. The maximum atomic E-state index is 12.8. The molecule has 8 nitrogen and oxygen atoms in total. The van der Waals surface area contributed by atoms with Gasteiger partial charge in [-0.15, -0.1) is 0 Å². The van der Waals surface area contributed by atoms with Crippen molar-refractivity contribution in [3.8, 4) is 11.4 Å². The van der Waals surface area contributed by atoms with Gasteiger partial charge in [0, 0.05) is 37.2 Å². The first-order valence-electron chi connectivity index (χ1n) is 9.10. The van der Waals surface area contributed by atoms with Gasteiger partial charge in [0.05, 0.1) is 15.5 Å². The summed E-state index contributed by atoms with van der Waals surface area (Å²) in [5.41, 5.74) is 0.894. The molecule has 0 bridgehead atoms. The number of nitro benzene ring substituents is 1. The molecule has 0 N–H and O–H groups in total. The predicted octanol–water partition coefficient (Wildman–Crippen LogP) is 4.39. The second-order valence-corrected chi connectivity index (χ2v) is 6.75. The Morgan fingerprint density at radius 2 is 2.00 bits per heavy atom. The number of rotatable bonds is 8. The van der Waals surface area contributed by atoms with Crippen LogP contribution in [0.25, 0.3) is 11.4 Å². The molecule has 0 unspecified atom stereocenters. The minimum Gasteiger partial charge on any atom is -0.339 e. The molecule has 0 saturated heterocycles. The van der Waals surface area contributed by atoms with E-state index < -0.39 is 4.92 Å². The van der Waals surface area contributed by atoms with E-state index in [0.29, 0.717) is 41.6 Å². The van der Waals surface area contributed by atoms with Crippen LogP contribution in [0.15, 0.2) is 53.1 Å². The van der Waals surface area contributed by atoms with Crippen LogP contribution in [0.4, 0.5) is 5.69 Å². The maximum Gasteiger partial charge on any atom is 0.270 e. The molecule has 3 rings (SSSR count). The molecule has 3 aromatic rings. The fourth-order valence-corrected chi connectivity index (χ4v) is 3.07. The van der Waals surface area contributed by atoms with Gasteiger partial charge >= 0.3 is 0 Å². The summed E-state index contributed by atoms with van der Waals surface area (Å²) in [5, 5.41) is 15.2. The number of nitro groups is 1. The molecule has 0 radical (unpaired) electrons. The molecule has 0 fully saturated rings. The Kier molecular flexibility index (Phi) is 6.56. The number of hydrogen-bond donors (Lipinski definition) is 0. The van der Waals surface area contributed by atoms with Gasteiger partial charge in [0.15, 0.2) is 0 Å². The van der Waals surface area contributed by atoms with Gasteiger partial charge in [-0.25, -0.2) is 0 Å². The highest BCUT2D eigenvalue weighted by atomic mass is 35.5. The Balaban J connectivity index is 1.71. The number of amides is 1. The third kappa shape index (κ3) is 4.97. The van der Waals surface area contributed by atoms with Gasteiger partial charge in [-0.1, -0.05) is 47.9 Å². The van der Waals surface area contributed by atoms with Crippen molar-refractivity contribution < 1.29 is 14.2 Å². The Labute approximate surface area is 172 Å². The molecule has 150 valence electrons. The molecule has 0 aliphatic rings. The molecule has 0 spiro atoms. The van der Waals surface area contributed by atoms with Crippen LogP contribution in [0.5, 0.6) is 0 Å². The monoisotopic (exact) mass is 414 g/mol. The van der Waals surface area contributed by atoms with E-state index >= 15 is 0 Å². The highest BCUT2D eigenvalue weighted by Gasteiger charge is 2.19. The quantitative estimate of drug-likeness (QED) is 0.400. The standard InChI is InChI=1S/C20H19ClN4O4/c1-2-11-24(20(26)16-8-3-4-9-17(16)21)12-10-18-22-19(23-29-18)14-6-5-7-15(13-14)25(27)28/h3-9,13H,2,10-12H2,1H3. The number of carbonyl (C=O) groups excluding carboxylic acids is 1. The zero-order valence-electron chi connectivity index (χ0n) is 15.7. The lowest BCUT2D eigenvalue weighted by atomic mass is 10.2. The van der Waals surface area contributed by atoms with Crippen LogP contribution in [-0.4, -0.2) is 39.0 Å². The molecule has 1 aromatic heterocycles. The molecule has 0 atom stereocenters. The van der Waals surface area contributed by atoms with Gasteiger partial charge in [0.2, 0.25) is 11.7 Å². The highest BCUT2D eigenvalue weighted by Crippen LogP contribution is 2.22. The van der Waals surface area contributed by atoms with Crippen LogP contribution in [0.3, 0.4) is 0 Å². The molecule has 9 heteroatoms. The van der Waals surface area contributed by atoms with E-state index in [9.17, 15) is 14.9 Å². The Hall–Kier alpha value is -3.26. The second kappa shape index (κ2) is 9.29. The summed E-state index contributed by atoms with van der Waals surface area (Å²) in [5.74, 6) is 0.457. The number of hydrogen-bond acceptors (Lipinski definition) is 6. The van der Waals surface area contributed by atoms with E-state index in [4.69, 9.17) is 16.1 Å². The van der Waals surface area contributed by atoms with Gasteiger partial charge in [0.1, 0.15) is 0 Å². The summed E-state index contributed by atoms with van der Waals surface area (Å²) >= 11 is 6.15. The molecular weight excluding hydrogens is 396 g/mol. The van der Waals surface area contributed by atoms with Crippen molar-refractivity contribution in [2.24, 2.45) is 0 Å². The molecular formula is C20H19ClN4O4. The number of halogens is 1. The minimum atomic E-state index is -0.479. The van der Waals surface area contributed by atoms with Crippen molar-refractivity contribution in [2.45, 2.75) is 19.8 Å². The first-order valence-corrected chi connectivity index (χ1v) is 9.48. The average Bonchev–Trinajstić information content (AvgIpc) is 3.20. The van der Waals surface area contributed by atoms with Crippen molar-refractivity contribution in [1.29, 1.82) is 0 Å². The number of non-ortho nitro benzene ring substituents is 1. The third-order valence-corrected chi connectivity index (χ3v) is 4.59. The number of nitrogens with zero attached hydrogens (tertiary/aromatic N) is 4. The van der Waals surface area contributed by atoms with Crippen LogP contribution in [-0.2, 0) is 6.42 Å². The number of benzene rings is 2. The first-order chi connectivity index (χ1) is 14.0. The van der Waals surface area contributed by atoms with Crippen molar-refractivity contribution in [3.63, 3.8) is 0 Å². The molecule has 29 heavy (non-hydrogen) atoms. The summed E-state index contributed by atoms with van der Waals surface area (Å²) in [4.78, 5) is 29.3. The van der Waals surface area contributed by atoms with E-state index in [-0.39, 0.29) is 17.4 Å². The van der Waals surface area contributed by atoms with Crippen LogP contribution in [0.2, 0.25) is 5.02 Å². The van der Waals surface area contributed by atoms with E-state index in [2.05, 4.69) is 10.1 Å². The minimum absolute atomic E-state index is 0.0479. The lowest BCUT2D eigenvalue weighted by Gasteiger charge is -2.22.